The molecule has 0 bridgehead atoms. The van der Waals surface area contributed by atoms with Gasteiger partial charge in [-0.25, -0.2) is 13.7 Å². The van der Waals surface area contributed by atoms with E-state index in [4.69, 9.17) is 41.3 Å². The van der Waals surface area contributed by atoms with E-state index in [2.05, 4.69) is 0 Å². The molecule has 0 rings (SSSR count). The smallest absolute Gasteiger partial charge is 0.481 e. The molecule has 0 aliphatic rings. The lowest BCUT2D eigenvalue weighted by Crippen LogP contribution is -2.21. The fourth-order valence-electron chi connectivity index (χ4n) is 4.81. The van der Waals surface area contributed by atoms with Crippen LogP contribution in [-0.2, 0) is 59.2 Å². The molecule has 0 heterocycles. The van der Waals surface area contributed by atoms with Crippen molar-refractivity contribution >= 4 is 68.8 Å². The number of carboxylic acids is 1. The fourth-order valence-corrected chi connectivity index (χ4v) is 17.1. The van der Waals surface area contributed by atoms with Crippen LogP contribution in [-0.4, -0.2) is 77.7 Å². The minimum Gasteiger partial charge on any atom is -0.481 e. The summed E-state index contributed by atoms with van der Waals surface area (Å²) in [5.74, 6) is 0.0768. The SMILES string of the molecule is CC(C)CC(C)O[P+](=O)SCC(C)OP(=O)(OCC(C)OP(=O)(OC(C)C)SCCC(=O)O)OC(C)CSP(=O)(OC(C)CC(C)C)OC(C)CC(C)C. The first-order valence-electron chi connectivity index (χ1n) is 18.6. The van der Waals surface area contributed by atoms with E-state index in [9.17, 15) is 23.1 Å². The number of carbonyl (C=O) groups is 1. The zero-order chi connectivity index (χ0) is 41.9. The molecule has 0 aromatic rings. The van der Waals surface area contributed by atoms with Gasteiger partial charge in [-0.15, -0.1) is 4.52 Å². The summed E-state index contributed by atoms with van der Waals surface area (Å²) in [4.78, 5) is 11.0. The van der Waals surface area contributed by atoms with E-state index in [1.165, 1.54) is 6.92 Å². The average molecular weight is 910 g/mol. The van der Waals surface area contributed by atoms with Crippen molar-refractivity contribution in [1.82, 2.24) is 0 Å². The lowest BCUT2D eigenvalue weighted by atomic mass is 10.1. The van der Waals surface area contributed by atoms with Gasteiger partial charge < -0.3 is 5.11 Å². The normalized spacial score (nSPS) is 19.6. The molecule has 0 aliphatic heterocycles. The first-order valence-corrected chi connectivity index (χ1v) is 29.1. The van der Waals surface area contributed by atoms with E-state index in [0.717, 1.165) is 40.6 Å². The molecule has 0 spiro atoms. The predicted molar refractivity (Wildman–Crippen MR) is 224 cm³/mol. The van der Waals surface area contributed by atoms with E-state index >= 15 is 0 Å². The van der Waals surface area contributed by atoms with Gasteiger partial charge >= 0.3 is 34.6 Å². The highest BCUT2D eigenvalue weighted by Gasteiger charge is 2.38. The van der Waals surface area contributed by atoms with E-state index in [-0.39, 0.29) is 42.0 Å². The van der Waals surface area contributed by atoms with Crippen LogP contribution >= 0.6 is 62.8 Å². The molecule has 0 saturated heterocycles. The molecule has 54 heavy (non-hydrogen) atoms. The van der Waals surface area contributed by atoms with Crippen LogP contribution in [0.15, 0.2) is 0 Å². The highest BCUT2D eigenvalue weighted by atomic mass is 32.7. The molecule has 0 amide bonds. The summed E-state index contributed by atoms with van der Waals surface area (Å²) >= 11 is 2.71. The highest BCUT2D eigenvalue weighted by molar-refractivity contribution is 8.55. The number of rotatable bonds is 33. The maximum absolute atomic E-state index is 14.2. The molecule has 21 heteroatoms. The Hall–Kier alpha value is 0.990. The predicted octanol–water partition coefficient (Wildman–Crippen LogP) is 12.7. The third-order valence-corrected chi connectivity index (χ3v) is 19.0. The minimum absolute atomic E-state index is 0.0199. The van der Waals surface area contributed by atoms with Crippen molar-refractivity contribution in [3.63, 3.8) is 0 Å². The van der Waals surface area contributed by atoms with Gasteiger partial charge in [-0.05, 0) is 120 Å². The van der Waals surface area contributed by atoms with E-state index in [0.29, 0.717) is 30.6 Å². The van der Waals surface area contributed by atoms with Gasteiger partial charge in [0.05, 0.1) is 55.4 Å². The Kier molecular flexibility index (Phi) is 28.2. The Balaban J connectivity index is 6.02. The second-order valence-electron chi connectivity index (χ2n) is 15.0. The number of aliphatic carboxylic acids is 1. The zero-order valence-electron chi connectivity index (χ0n) is 34.7. The van der Waals surface area contributed by atoms with Crippen molar-refractivity contribution in [3.05, 3.63) is 0 Å². The molecule has 0 aliphatic carbocycles. The van der Waals surface area contributed by atoms with Crippen LogP contribution in [0, 0.1) is 17.8 Å². The van der Waals surface area contributed by atoms with Crippen LogP contribution in [0.3, 0.4) is 0 Å². The number of phosphoric acid groups is 1. The highest BCUT2D eigenvalue weighted by Crippen LogP contribution is 2.64. The molecule has 0 aromatic heterocycles. The second-order valence-corrected chi connectivity index (χ2v) is 27.6. The van der Waals surface area contributed by atoms with Crippen molar-refractivity contribution in [2.45, 2.75) is 165 Å². The topological polar surface area (TPSA) is 179 Å². The molecule has 0 radical (unpaired) electrons. The van der Waals surface area contributed by atoms with Crippen molar-refractivity contribution in [2.24, 2.45) is 17.8 Å². The first-order chi connectivity index (χ1) is 24.8. The van der Waals surface area contributed by atoms with Crippen molar-refractivity contribution < 1.29 is 64.4 Å². The summed E-state index contributed by atoms with van der Waals surface area (Å²) in [5, 5.41) is 9.03. The molecule has 14 nitrogen and oxygen atoms in total. The number of hydrogen-bond donors (Lipinski definition) is 1. The molecule has 322 valence electrons. The van der Waals surface area contributed by atoms with Gasteiger partial charge in [-0.2, -0.15) is 0 Å². The van der Waals surface area contributed by atoms with E-state index in [1.54, 1.807) is 27.7 Å². The monoisotopic (exact) mass is 909 g/mol. The molecule has 1 N–H and O–H groups in total. The number of hydrogen-bond acceptors (Lipinski definition) is 16. The Morgan fingerprint density at radius 2 is 1.04 bits per heavy atom. The second kappa shape index (κ2) is 27.7. The van der Waals surface area contributed by atoms with E-state index in [1.807, 2.05) is 62.3 Å². The summed E-state index contributed by atoms with van der Waals surface area (Å²) in [6.07, 6.45) is -2.15. The summed E-state index contributed by atoms with van der Waals surface area (Å²) in [7, 11) is -6.51. The molecule has 0 saturated carbocycles. The fraction of sp³-hybridized carbons (Fsp3) is 0.970. The van der Waals surface area contributed by atoms with Crippen LogP contribution < -0.4 is 0 Å². The summed E-state index contributed by atoms with van der Waals surface area (Å²) in [6.45, 7) is 18.0. The lowest BCUT2D eigenvalue weighted by molar-refractivity contribution is -0.136. The number of phosphoric ester groups is 1. The Bertz CT molecular complexity index is 1210. The van der Waals surface area contributed by atoms with Crippen LogP contribution in [0.25, 0.3) is 0 Å². The summed E-state index contributed by atoms with van der Waals surface area (Å²) in [6, 6.07) is 0. The lowest BCUT2D eigenvalue weighted by Gasteiger charge is -2.28. The molecular formula is C33H69O14P4S3+. The third-order valence-electron chi connectivity index (χ3n) is 6.48. The summed E-state index contributed by atoms with van der Waals surface area (Å²) in [5.41, 5.74) is 0. The van der Waals surface area contributed by atoms with Crippen molar-refractivity contribution in [1.29, 1.82) is 0 Å². The molecule has 0 fully saturated rings. The van der Waals surface area contributed by atoms with Crippen LogP contribution in [0.1, 0.15) is 123 Å². The maximum atomic E-state index is 14.2. The van der Waals surface area contributed by atoms with E-state index < -0.39 is 65.6 Å². The average Bonchev–Trinajstić information content (AvgIpc) is 2.95. The number of carboxylic acid groups (broad SMARTS) is 1. The van der Waals surface area contributed by atoms with Gasteiger partial charge in [0, 0.05) is 11.5 Å². The molecular weight excluding hydrogens is 840 g/mol. The maximum Gasteiger partial charge on any atom is 0.585 e. The Labute approximate surface area is 338 Å². The van der Waals surface area contributed by atoms with Gasteiger partial charge in [0.15, 0.2) is 11.4 Å². The molecule has 9 unspecified atom stereocenters. The molecule has 9 atom stereocenters. The van der Waals surface area contributed by atoms with Gasteiger partial charge in [0.1, 0.15) is 6.10 Å². The minimum atomic E-state index is -4.42. The largest absolute Gasteiger partial charge is 0.585 e. The quantitative estimate of drug-likeness (QED) is 0.0614. The van der Waals surface area contributed by atoms with Crippen LogP contribution in [0.5, 0.6) is 0 Å². The Morgan fingerprint density at radius 1 is 0.593 bits per heavy atom. The van der Waals surface area contributed by atoms with Gasteiger partial charge in [0.25, 0.3) is 0 Å². The van der Waals surface area contributed by atoms with Crippen molar-refractivity contribution in [2.75, 3.05) is 23.9 Å². The van der Waals surface area contributed by atoms with Gasteiger partial charge in [-0.3, -0.25) is 36.5 Å². The Morgan fingerprint density at radius 3 is 1.50 bits per heavy atom. The molecule has 0 aromatic carbocycles. The van der Waals surface area contributed by atoms with Crippen LogP contribution in [0.4, 0.5) is 0 Å². The third kappa shape index (κ3) is 28.4. The zero-order valence-corrected chi connectivity index (χ0v) is 40.7. The first kappa shape index (κ1) is 55.0. The van der Waals surface area contributed by atoms with Crippen molar-refractivity contribution in [3.8, 4) is 0 Å². The van der Waals surface area contributed by atoms with Gasteiger partial charge in [-0.1, -0.05) is 41.5 Å². The van der Waals surface area contributed by atoms with Crippen LogP contribution in [0.2, 0.25) is 0 Å². The van der Waals surface area contributed by atoms with Gasteiger partial charge in [0.2, 0.25) is 0 Å². The standard InChI is InChI=1S/C33H68O14P4S3/c1-23(2)17-27(9)41-48(36)52-21-31(13)43-49(37,40-20-30(12)47-50(38,42-26(7)8)53-16-15-33(34)35)44-32(14)22-54-51(39,45-28(10)18-24(3)4)46-29(11)19-25(5)6/h23-32H,15-22H2,1-14H3/p+1. The summed E-state index contributed by atoms with van der Waals surface area (Å²) < 4.78 is 101.